The molecule has 5 heteroatoms. The van der Waals surface area contributed by atoms with E-state index in [0.717, 1.165) is 5.69 Å². The number of nitrogens with zero attached hydrogens (tertiary/aromatic N) is 1. The number of amides is 1. The summed E-state index contributed by atoms with van der Waals surface area (Å²) in [5.41, 5.74) is 1.76. The lowest BCUT2D eigenvalue weighted by molar-refractivity contribution is 0.0958. The first-order valence-electron chi connectivity index (χ1n) is 5.07. The van der Waals surface area contributed by atoms with Gasteiger partial charge in [-0.25, -0.2) is 0 Å². The van der Waals surface area contributed by atoms with Gasteiger partial charge in [0.1, 0.15) is 5.69 Å². The normalized spacial score (nSPS) is 10.0. The highest BCUT2D eigenvalue weighted by atomic mass is 16.1. The molecule has 0 saturated carbocycles. The monoisotopic (exact) mass is 220 g/mol. The molecular formula is C11H16N4O. The summed E-state index contributed by atoms with van der Waals surface area (Å²) in [6, 6.07) is 1.89. The van der Waals surface area contributed by atoms with E-state index in [2.05, 4.69) is 15.6 Å². The fourth-order valence-electron chi connectivity index (χ4n) is 1.27. The van der Waals surface area contributed by atoms with Crippen molar-refractivity contribution in [2.24, 2.45) is 0 Å². The topological polar surface area (TPSA) is 77.9 Å². The highest BCUT2D eigenvalue weighted by Crippen LogP contribution is 2.15. The molecule has 5 nitrogen and oxygen atoms in total. The van der Waals surface area contributed by atoms with Crippen molar-refractivity contribution in [3.05, 3.63) is 23.5 Å². The largest absolute Gasteiger partial charge is 0.382 e. The molecule has 0 aromatic carbocycles. The Balaban J connectivity index is 3.10. The average Bonchev–Trinajstić information content (AvgIpc) is 2.27. The van der Waals surface area contributed by atoms with E-state index in [1.54, 1.807) is 13.1 Å². The van der Waals surface area contributed by atoms with Crippen LogP contribution < -0.4 is 10.6 Å². The van der Waals surface area contributed by atoms with Gasteiger partial charge < -0.3 is 16.0 Å². The number of rotatable bonds is 4. The zero-order valence-corrected chi connectivity index (χ0v) is 9.66. The van der Waals surface area contributed by atoms with E-state index < -0.39 is 0 Å². The molecule has 0 radical (unpaired) electrons. The maximum atomic E-state index is 11.4. The lowest BCUT2D eigenvalue weighted by Crippen LogP contribution is -2.20. The first-order chi connectivity index (χ1) is 7.58. The predicted molar refractivity (Wildman–Crippen MR) is 64.3 cm³/mol. The first-order valence-corrected chi connectivity index (χ1v) is 5.07. The number of hydrogen-bond donors (Lipinski definition) is 3. The van der Waals surface area contributed by atoms with Gasteiger partial charge in [0.15, 0.2) is 0 Å². The van der Waals surface area contributed by atoms with Crippen LogP contribution in [0.1, 0.15) is 29.9 Å². The minimum Gasteiger partial charge on any atom is -0.382 e. The molecule has 0 aliphatic carbocycles. The quantitative estimate of drug-likeness (QED) is 0.668. The van der Waals surface area contributed by atoms with Gasteiger partial charge in [-0.2, -0.15) is 0 Å². The summed E-state index contributed by atoms with van der Waals surface area (Å²) in [5, 5.41) is 12.9. The molecule has 1 aromatic rings. The molecule has 1 heterocycles. The van der Waals surface area contributed by atoms with Gasteiger partial charge in [0.2, 0.25) is 0 Å². The molecule has 0 unspecified atom stereocenters. The summed E-state index contributed by atoms with van der Waals surface area (Å²) < 4.78 is 0. The third-order valence-electron chi connectivity index (χ3n) is 1.99. The molecule has 16 heavy (non-hydrogen) atoms. The van der Waals surface area contributed by atoms with Crippen molar-refractivity contribution in [1.29, 1.82) is 5.41 Å². The van der Waals surface area contributed by atoms with Crippen LogP contribution in [0.4, 0.5) is 5.69 Å². The van der Waals surface area contributed by atoms with E-state index in [1.807, 2.05) is 13.8 Å². The Morgan fingerprint density at radius 2 is 2.25 bits per heavy atom. The number of pyridine rings is 1. The van der Waals surface area contributed by atoms with Crippen LogP contribution in [0, 0.1) is 5.41 Å². The first kappa shape index (κ1) is 12.2. The van der Waals surface area contributed by atoms with E-state index in [0.29, 0.717) is 11.3 Å². The van der Waals surface area contributed by atoms with E-state index >= 15 is 0 Å². The molecule has 86 valence electrons. The summed E-state index contributed by atoms with van der Waals surface area (Å²) in [6.07, 6.45) is 2.73. The SMILES string of the molecule is CNC(=O)c1cc(NC(C)C)c(C=N)cn1. The molecule has 0 aliphatic rings. The zero-order valence-electron chi connectivity index (χ0n) is 9.66. The molecule has 0 aliphatic heterocycles. The van der Waals surface area contributed by atoms with Crippen LogP contribution in [0.15, 0.2) is 12.3 Å². The Morgan fingerprint density at radius 3 is 2.75 bits per heavy atom. The number of nitrogens with one attached hydrogen (secondary N) is 3. The Bertz CT molecular complexity index is 401. The molecule has 1 aromatic heterocycles. The Morgan fingerprint density at radius 1 is 1.56 bits per heavy atom. The second-order valence-corrected chi connectivity index (χ2v) is 3.68. The van der Waals surface area contributed by atoms with Crippen molar-refractivity contribution in [3.63, 3.8) is 0 Å². The fraction of sp³-hybridized carbons (Fsp3) is 0.364. The lowest BCUT2D eigenvalue weighted by atomic mass is 10.2. The van der Waals surface area contributed by atoms with Crippen LogP contribution in [-0.2, 0) is 0 Å². The molecular weight excluding hydrogens is 204 g/mol. The van der Waals surface area contributed by atoms with Crippen LogP contribution in [0.2, 0.25) is 0 Å². The third-order valence-corrected chi connectivity index (χ3v) is 1.99. The molecule has 0 bridgehead atoms. The van der Waals surface area contributed by atoms with Crippen molar-refractivity contribution < 1.29 is 4.79 Å². The molecule has 1 amide bonds. The molecule has 3 N–H and O–H groups in total. The van der Waals surface area contributed by atoms with Crippen molar-refractivity contribution in [2.45, 2.75) is 19.9 Å². The van der Waals surface area contributed by atoms with Gasteiger partial charge in [0.25, 0.3) is 5.91 Å². The summed E-state index contributed by atoms with van der Waals surface area (Å²) in [5.74, 6) is -0.233. The predicted octanol–water partition coefficient (Wildman–Crippen LogP) is 1.26. The van der Waals surface area contributed by atoms with Crippen molar-refractivity contribution >= 4 is 17.8 Å². The highest BCUT2D eigenvalue weighted by molar-refractivity contribution is 5.95. The van der Waals surface area contributed by atoms with Crippen LogP contribution in [0.25, 0.3) is 0 Å². The van der Waals surface area contributed by atoms with Crippen LogP contribution >= 0.6 is 0 Å². The van der Waals surface area contributed by atoms with Gasteiger partial charge in [-0.05, 0) is 19.9 Å². The van der Waals surface area contributed by atoms with Gasteiger partial charge in [-0.1, -0.05) is 0 Å². The molecule has 0 spiro atoms. The number of hydrogen-bond acceptors (Lipinski definition) is 4. The maximum Gasteiger partial charge on any atom is 0.269 e. The minimum absolute atomic E-state index is 0.233. The Hall–Kier alpha value is -1.91. The Labute approximate surface area is 94.8 Å². The lowest BCUT2D eigenvalue weighted by Gasteiger charge is -2.13. The average molecular weight is 220 g/mol. The van der Waals surface area contributed by atoms with Crippen molar-refractivity contribution in [2.75, 3.05) is 12.4 Å². The van der Waals surface area contributed by atoms with Crippen molar-refractivity contribution in [1.82, 2.24) is 10.3 Å². The fourth-order valence-corrected chi connectivity index (χ4v) is 1.27. The van der Waals surface area contributed by atoms with Gasteiger partial charge in [0, 0.05) is 36.8 Å². The van der Waals surface area contributed by atoms with Crippen LogP contribution in [-0.4, -0.2) is 30.2 Å². The summed E-state index contributed by atoms with van der Waals surface area (Å²) >= 11 is 0. The number of aromatic nitrogens is 1. The van der Waals surface area contributed by atoms with Gasteiger partial charge in [-0.3, -0.25) is 9.78 Å². The second-order valence-electron chi connectivity index (χ2n) is 3.68. The third kappa shape index (κ3) is 2.79. The van der Waals surface area contributed by atoms with Gasteiger partial charge in [-0.15, -0.1) is 0 Å². The number of carbonyl (C=O) groups excluding carboxylic acids is 1. The number of anilines is 1. The van der Waals surface area contributed by atoms with Gasteiger partial charge >= 0.3 is 0 Å². The second kappa shape index (κ2) is 5.25. The molecule has 0 saturated heterocycles. The summed E-state index contributed by atoms with van der Waals surface area (Å²) in [4.78, 5) is 15.4. The summed E-state index contributed by atoms with van der Waals surface area (Å²) in [7, 11) is 1.56. The number of carbonyl (C=O) groups is 1. The van der Waals surface area contributed by atoms with Crippen LogP contribution in [0.5, 0.6) is 0 Å². The molecule has 0 fully saturated rings. The Kier molecular flexibility index (Phi) is 3.99. The smallest absolute Gasteiger partial charge is 0.269 e. The van der Waals surface area contributed by atoms with E-state index in [-0.39, 0.29) is 11.9 Å². The van der Waals surface area contributed by atoms with E-state index in [1.165, 1.54) is 12.4 Å². The van der Waals surface area contributed by atoms with Crippen LogP contribution in [0.3, 0.4) is 0 Å². The van der Waals surface area contributed by atoms with Crippen molar-refractivity contribution in [3.8, 4) is 0 Å². The zero-order chi connectivity index (χ0) is 12.1. The maximum absolute atomic E-state index is 11.4. The highest BCUT2D eigenvalue weighted by Gasteiger charge is 2.09. The van der Waals surface area contributed by atoms with E-state index in [4.69, 9.17) is 5.41 Å². The molecule has 1 rings (SSSR count). The molecule has 0 atom stereocenters. The van der Waals surface area contributed by atoms with Gasteiger partial charge in [0.05, 0.1) is 0 Å². The summed E-state index contributed by atoms with van der Waals surface area (Å²) in [6.45, 7) is 3.99. The standard InChI is InChI=1S/C11H16N4O/c1-7(2)15-9-4-10(11(16)13-3)14-6-8(9)5-12/h4-7,12H,1-3H3,(H,13,16)(H,14,15). The minimum atomic E-state index is -0.233. The van der Waals surface area contributed by atoms with E-state index in [9.17, 15) is 4.79 Å².